The van der Waals surface area contributed by atoms with Crippen LogP contribution in [-0.2, 0) is 20.8 Å². The lowest BCUT2D eigenvalue weighted by molar-refractivity contribution is -0.114. The molecule has 2 N–H and O–H groups in total. The molecule has 0 saturated carbocycles. The van der Waals surface area contributed by atoms with Crippen LogP contribution in [-0.4, -0.2) is 31.6 Å². The first-order chi connectivity index (χ1) is 13.3. The molecular weight excluding hydrogens is 384 g/mol. The first-order valence-corrected chi connectivity index (χ1v) is 8.92. The predicted molar refractivity (Wildman–Crippen MR) is 107 cm³/mol. The third-order valence-corrected chi connectivity index (χ3v) is 4.14. The Labute approximate surface area is 168 Å². The number of hydrogen-bond donors (Lipinski definition) is 2. The number of carbonyl (C=O) groups is 3. The van der Waals surface area contributed by atoms with Gasteiger partial charge in [0, 0.05) is 18.5 Å². The Morgan fingerprint density at radius 2 is 1.68 bits per heavy atom. The molecule has 0 unspecified atom stereocenters. The summed E-state index contributed by atoms with van der Waals surface area (Å²) in [6.07, 6.45) is 0. The minimum atomic E-state index is -0.475. The second-order valence-electron chi connectivity index (χ2n) is 5.81. The van der Waals surface area contributed by atoms with E-state index in [1.807, 2.05) is 0 Å². The topological polar surface area (TPSA) is 93.7 Å². The van der Waals surface area contributed by atoms with E-state index in [0.717, 1.165) is 5.56 Å². The lowest BCUT2D eigenvalue weighted by atomic mass is 10.1. The first kappa shape index (κ1) is 21.2. The van der Waals surface area contributed by atoms with Crippen LogP contribution in [0, 0.1) is 0 Å². The summed E-state index contributed by atoms with van der Waals surface area (Å²) in [7, 11) is 1.30. The van der Waals surface area contributed by atoms with Crippen LogP contribution in [0.25, 0.3) is 0 Å². The highest BCUT2D eigenvalue weighted by atomic mass is 35.5. The molecule has 2 aromatic carbocycles. The molecule has 0 aliphatic heterocycles. The van der Waals surface area contributed by atoms with Gasteiger partial charge in [0.2, 0.25) is 5.91 Å². The van der Waals surface area contributed by atoms with Crippen molar-refractivity contribution in [3.05, 3.63) is 58.1 Å². The molecule has 2 aromatic rings. The number of rotatable bonds is 7. The molecule has 0 aliphatic carbocycles. The largest absolute Gasteiger partial charge is 0.465 e. The number of methoxy groups -OCH3 is 1. The van der Waals surface area contributed by atoms with E-state index in [9.17, 15) is 14.4 Å². The van der Waals surface area contributed by atoms with Crippen molar-refractivity contribution in [2.75, 3.05) is 24.4 Å². The van der Waals surface area contributed by atoms with Crippen LogP contribution in [0.15, 0.2) is 36.4 Å². The van der Waals surface area contributed by atoms with Gasteiger partial charge in [-0.3, -0.25) is 4.79 Å². The lowest BCUT2D eigenvalue weighted by Crippen LogP contribution is -2.12. The minimum absolute atomic E-state index is 0.243. The van der Waals surface area contributed by atoms with E-state index >= 15 is 0 Å². The summed E-state index contributed by atoms with van der Waals surface area (Å²) in [5.41, 5.74) is 2.48. The lowest BCUT2D eigenvalue weighted by Gasteiger charge is -2.15. The number of carbonyl (C=O) groups excluding carboxylic acids is 3. The third kappa shape index (κ3) is 5.47. The van der Waals surface area contributed by atoms with Crippen molar-refractivity contribution >= 4 is 40.8 Å². The van der Waals surface area contributed by atoms with Crippen LogP contribution in [0.5, 0.6) is 0 Å². The molecule has 0 aliphatic rings. The molecule has 0 heterocycles. The number of hydrogen-bond acceptors (Lipinski definition) is 6. The number of anilines is 2. The maximum Gasteiger partial charge on any atom is 0.338 e. The number of benzene rings is 2. The molecule has 148 valence electrons. The zero-order valence-corrected chi connectivity index (χ0v) is 16.6. The van der Waals surface area contributed by atoms with Gasteiger partial charge in [-0.15, -0.1) is 0 Å². The van der Waals surface area contributed by atoms with Crippen molar-refractivity contribution in [1.29, 1.82) is 0 Å². The first-order valence-electron chi connectivity index (χ1n) is 8.55. The van der Waals surface area contributed by atoms with Gasteiger partial charge in [-0.25, -0.2) is 9.59 Å². The normalized spacial score (nSPS) is 10.1. The number of halogens is 1. The molecular formula is C20H21ClN2O5. The number of amides is 1. The van der Waals surface area contributed by atoms with E-state index in [1.165, 1.54) is 20.1 Å². The van der Waals surface area contributed by atoms with Gasteiger partial charge < -0.3 is 20.1 Å². The van der Waals surface area contributed by atoms with Crippen molar-refractivity contribution in [3.63, 3.8) is 0 Å². The molecule has 2 rings (SSSR count). The predicted octanol–water partition coefficient (Wildman–Crippen LogP) is 3.87. The van der Waals surface area contributed by atoms with Crippen LogP contribution >= 0.6 is 11.6 Å². The highest BCUT2D eigenvalue weighted by Gasteiger charge is 2.13. The highest BCUT2D eigenvalue weighted by Crippen LogP contribution is 2.26. The molecule has 7 nitrogen and oxygen atoms in total. The standard InChI is InChI=1S/C20H21ClN2O5/c1-4-28-20(26)14-7-8-17(23-12(2)24)18(10-14)22-11-15-6-5-13(9-16(15)21)19(25)27-3/h5-10,22H,4,11H2,1-3H3,(H,23,24). The van der Waals surface area contributed by atoms with E-state index < -0.39 is 11.9 Å². The fourth-order valence-electron chi connectivity index (χ4n) is 2.46. The molecule has 0 fully saturated rings. The van der Waals surface area contributed by atoms with Crippen LogP contribution in [0.4, 0.5) is 11.4 Å². The fourth-order valence-corrected chi connectivity index (χ4v) is 2.70. The Balaban J connectivity index is 2.25. The molecule has 0 radical (unpaired) electrons. The maximum absolute atomic E-state index is 12.0. The van der Waals surface area contributed by atoms with E-state index in [-0.39, 0.29) is 12.5 Å². The highest BCUT2D eigenvalue weighted by molar-refractivity contribution is 6.31. The van der Waals surface area contributed by atoms with Crippen molar-refractivity contribution in [1.82, 2.24) is 0 Å². The summed E-state index contributed by atoms with van der Waals surface area (Å²) < 4.78 is 9.68. The average Bonchev–Trinajstić information content (AvgIpc) is 2.67. The Kier molecular flexibility index (Phi) is 7.40. The van der Waals surface area contributed by atoms with Gasteiger partial charge in [-0.1, -0.05) is 17.7 Å². The minimum Gasteiger partial charge on any atom is -0.465 e. The molecule has 0 bridgehead atoms. The third-order valence-electron chi connectivity index (χ3n) is 3.78. The van der Waals surface area contributed by atoms with Crippen LogP contribution < -0.4 is 10.6 Å². The number of ether oxygens (including phenoxy) is 2. The maximum atomic E-state index is 12.0. The molecule has 0 spiro atoms. The molecule has 28 heavy (non-hydrogen) atoms. The summed E-state index contributed by atoms with van der Waals surface area (Å²) in [5, 5.41) is 6.25. The SMILES string of the molecule is CCOC(=O)c1ccc(NC(C)=O)c(NCc2ccc(C(=O)OC)cc2Cl)c1. The Morgan fingerprint density at radius 1 is 1.00 bits per heavy atom. The molecule has 0 atom stereocenters. The Bertz CT molecular complexity index is 898. The van der Waals surface area contributed by atoms with Crippen LogP contribution in [0.1, 0.15) is 40.1 Å². The zero-order valence-electron chi connectivity index (χ0n) is 15.8. The second-order valence-corrected chi connectivity index (χ2v) is 6.22. The van der Waals surface area contributed by atoms with Gasteiger partial charge in [0.15, 0.2) is 0 Å². The monoisotopic (exact) mass is 404 g/mol. The second kappa shape index (κ2) is 9.75. The molecule has 8 heteroatoms. The summed E-state index contributed by atoms with van der Waals surface area (Å²) in [4.78, 5) is 35.0. The number of esters is 2. The van der Waals surface area contributed by atoms with Gasteiger partial charge >= 0.3 is 11.9 Å². The van der Waals surface area contributed by atoms with Gasteiger partial charge in [0.05, 0.1) is 36.2 Å². The van der Waals surface area contributed by atoms with Crippen LogP contribution in [0.3, 0.4) is 0 Å². The van der Waals surface area contributed by atoms with E-state index in [1.54, 1.807) is 37.3 Å². The summed E-state index contributed by atoms with van der Waals surface area (Å²) in [6.45, 7) is 3.69. The summed E-state index contributed by atoms with van der Waals surface area (Å²) in [6, 6.07) is 9.63. The van der Waals surface area contributed by atoms with E-state index in [4.69, 9.17) is 16.3 Å². The molecule has 0 aromatic heterocycles. The van der Waals surface area contributed by atoms with Crippen molar-refractivity contribution in [2.45, 2.75) is 20.4 Å². The molecule has 1 amide bonds. The zero-order chi connectivity index (χ0) is 20.7. The van der Waals surface area contributed by atoms with E-state index in [2.05, 4.69) is 15.4 Å². The Hall–Kier alpha value is -3.06. The van der Waals surface area contributed by atoms with Crippen LogP contribution in [0.2, 0.25) is 5.02 Å². The summed E-state index contributed by atoms with van der Waals surface area (Å²) in [5.74, 6) is -1.18. The van der Waals surface area contributed by atoms with Crippen molar-refractivity contribution in [3.8, 4) is 0 Å². The quantitative estimate of drug-likeness (QED) is 0.680. The summed E-state index contributed by atoms with van der Waals surface area (Å²) >= 11 is 6.25. The average molecular weight is 405 g/mol. The molecule has 0 saturated heterocycles. The van der Waals surface area contributed by atoms with Crippen molar-refractivity contribution in [2.24, 2.45) is 0 Å². The number of nitrogens with one attached hydrogen (secondary N) is 2. The Morgan fingerprint density at radius 3 is 2.29 bits per heavy atom. The van der Waals surface area contributed by atoms with Gasteiger partial charge in [-0.05, 0) is 42.8 Å². The van der Waals surface area contributed by atoms with Gasteiger partial charge in [0.25, 0.3) is 0 Å². The van der Waals surface area contributed by atoms with E-state index in [0.29, 0.717) is 34.1 Å². The van der Waals surface area contributed by atoms with Crippen molar-refractivity contribution < 1.29 is 23.9 Å². The fraction of sp³-hybridized carbons (Fsp3) is 0.250. The van der Waals surface area contributed by atoms with Gasteiger partial charge in [0.1, 0.15) is 0 Å². The smallest absolute Gasteiger partial charge is 0.338 e. The van der Waals surface area contributed by atoms with Gasteiger partial charge in [-0.2, -0.15) is 0 Å².